The van der Waals surface area contributed by atoms with Crippen LogP contribution in [0.25, 0.3) is 6.08 Å². The summed E-state index contributed by atoms with van der Waals surface area (Å²) in [6.45, 7) is -0.522. The number of aliphatic imine (C=N–C) groups is 1. The van der Waals surface area contributed by atoms with Crippen molar-refractivity contribution in [3.63, 3.8) is 0 Å². The van der Waals surface area contributed by atoms with E-state index < -0.39 is 30.2 Å². The zero-order valence-corrected chi connectivity index (χ0v) is 15.5. The Morgan fingerprint density at radius 2 is 1.86 bits per heavy atom. The average molecular weight is 421 g/mol. The van der Waals surface area contributed by atoms with Crippen LogP contribution >= 0.6 is 11.8 Å². The predicted octanol–water partition coefficient (Wildman–Crippen LogP) is 3.65. The number of hydrogen-bond donors (Lipinski definition) is 2. The first-order valence-corrected chi connectivity index (χ1v) is 9.01. The molecule has 0 saturated carbocycles. The molecule has 2 aromatic carbocycles. The smallest absolute Gasteiger partial charge is 0.418 e. The molecule has 2 amide bonds. The van der Waals surface area contributed by atoms with E-state index in [1.54, 1.807) is 24.3 Å². The number of carbonyl (C=O) groups excluding carboxylic acids is 2. The lowest BCUT2D eigenvalue weighted by atomic mass is 10.1. The Bertz CT molecular complexity index is 1020. The van der Waals surface area contributed by atoms with Crippen molar-refractivity contribution in [2.75, 3.05) is 11.9 Å². The second-order valence-corrected chi connectivity index (χ2v) is 6.85. The minimum atomic E-state index is -4.60. The number of ether oxygens (including phenoxy) is 1. The number of nitrogens with one attached hydrogen (secondary N) is 1. The first-order valence-electron chi connectivity index (χ1n) is 8.20. The number of hydrogen-bond acceptors (Lipinski definition) is 5. The fourth-order valence-electron chi connectivity index (χ4n) is 2.47. The number of rotatable bonds is 5. The molecule has 0 saturated heterocycles. The second-order valence-electron chi connectivity index (χ2n) is 5.78. The molecule has 1 aliphatic heterocycles. The highest BCUT2D eigenvalue weighted by atomic mass is 32.2. The predicted molar refractivity (Wildman–Crippen MR) is 104 cm³/mol. The molecule has 0 spiro atoms. The lowest BCUT2D eigenvalue weighted by Crippen LogP contribution is -2.22. The van der Waals surface area contributed by atoms with Crippen molar-refractivity contribution < 1.29 is 27.5 Å². The highest BCUT2D eigenvalue weighted by molar-refractivity contribution is 8.18. The maximum atomic E-state index is 13.0. The minimum Gasteiger partial charge on any atom is -0.483 e. The van der Waals surface area contributed by atoms with Crippen molar-refractivity contribution in [3.8, 4) is 5.75 Å². The second kappa shape index (κ2) is 8.39. The number of thioether (sulfide) groups is 1. The summed E-state index contributed by atoms with van der Waals surface area (Å²) in [5, 5.41) is 2.33. The van der Waals surface area contributed by atoms with Gasteiger partial charge < -0.3 is 15.8 Å². The molecule has 0 unspecified atom stereocenters. The third-order valence-electron chi connectivity index (χ3n) is 3.71. The number of nitrogens with zero attached hydrogens (tertiary/aromatic N) is 1. The van der Waals surface area contributed by atoms with E-state index in [-0.39, 0.29) is 16.6 Å². The number of carbonyl (C=O) groups is 2. The van der Waals surface area contributed by atoms with E-state index in [4.69, 9.17) is 10.5 Å². The zero-order chi connectivity index (χ0) is 21.0. The standard InChI is InChI=1S/C19H14F3N3O3S/c20-19(21,22)12-6-2-3-7-13(12)24-16(26)10-28-14-8-4-1-5-11(14)9-15-17(27)25-18(23)29-15/h1-9H,10H2,(H,24,26)(H2,23,25,27)/b15-9-. The van der Waals surface area contributed by atoms with Gasteiger partial charge in [-0.1, -0.05) is 30.3 Å². The van der Waals surface area contributed by atoms with Crippen molar-refractivity contribution in [1.29, 1.82) is 0 Å². The third-order valence-corrected chi connectivity index (χ3v) is 4.52. The Morgan fingerprint density at radius 3 is 2.55 bits per heavy atom. The van der Waals surface area contributed by atoms with Crippen molar-refractivity contribution in [3.05, 3.63) is 64.6 Å². The van der Waals surface area contributed by atoms with Crippen LogP contribution < -0.4 is 15.8 Å². The van der Waals surface area contributed by atoms with Crippen LogP contribution in [0.1, 0.15) is 11.1 Å². The molecular formula is C19H14F3N3O3S. The molecule has 0 radical (unpaired) electrons. The van der Waals surface area contributed by atoms with Gasteiger partial charge in [0.15, 0.2) is 11.8 Å². The Balaban J connectivity index is 1.70. The number of anilines is 1. The van der Waals surface area contributed by atoms with Crippen LogP contribution in [0.4, 0.5) is 18.9 Å². The molecule has 29 heavy (non-hydrogen) atoms. The number of amides is 2. The van der Waals surface area contributed by atoms with Crippen molar-refractivity contribution in [2.24, 2.45) is 10.7 Å². The summed E-state index contributed by atoms with van der Waals surface area (Å²) in [6.07, 6.45) is -3.08. The molecule has 1 aliphatic rings. The summed E-state index contributed by atoms with van der Waals surface area (Å²) in [6, 6.07) is 11.2. The quantitative estimate of drug-likeness (QED) is 0.719. The van der Waals surface area contributed by atoms with Crippen LogP contribution in [0.5, 0.6) is 5.75 Å². The number of alkyl halides is 3. The highest BCUT2D eigenvalue weighted by Crippen LogP contribution is 2.34. The summed E-state index contributed by atoms with van der Waals surface area (Å²) >= 11 is 1.01. The molecule has 0 bridgehead atoms. The number of halogens is 3. The molecule has 0 fully saturated rings. The maximum Gasteiger partial charge on any atom is 0.418 e. The topological polar surface area (TPSA) is 93.8 Å². The van der Waals surface area contributed by atoms with E-state index >= 15 is 0 Å². The fourth-order valence-corrected chi connectivity index (χ4v) is 3.14. The first-order chi connectivity index (χ1) is 13.7. The maximum absolute atomic E-state index is 13.0. The van der Waals surface area contributed by atoms with Gasteiger partial charge in [-0.3, -0.25) is 9.59 Å². The van der Waals surface area contributed by atoms with E-state index in [2.05, 4.69) is 10.3 Å². The number of nitrogens with two attached hydrogens (primary N) is 1. The van der Waals surface area contributed by atoms with Gasteiger partial charge in [0, 0.05) is 5.56 Å². The van der Waals surface area contributed by atoms with E-state index in [1.165, 1.54) is 18.2 Å². The molecule has 3 rings (SSSR count). The molecular weight excluding hydrogens is 407 g/mol. The van der Waals surface area contributed by atoms with Gasteiger partial charge in [0.2, 0.25) is 0 Å². The minimum absolute atomic E-state index is 0.127. The molecule has 3 N–H and O–H groups in total. The Hall–Kier alpha value is -3.27. The first kappa shape index (κ1) is 20.5. The van der Waals surface area contributed by atoms with Crippen LogP contribution in [0.2, 0.25) is 0 Å². The average Bonchev–Trinajstić information content (AvgIpc) is 2.97. The van der Waals surface area contributed by atoms with Gasteiger partial charge in [-0.05, 0) is 36.0 Å². The van der Waals surface area contributed by atoms with Gasteiger partial charge in [-0.25, -0.2) is 0 Å². The van der Waals surface area contributed by atoms with E-state index in [9.17, 15) is 22.8 Å². The van der Waals surface area contributed by atoms with Gasteiger partial charge >= 0.3 is 6.18 Å². The van der Waals surface area contributed by atoms with Crippen LogP contribution in [0.3, 0.4) is 0 Å². The summed E-state index contributed by atoms with van der Waals surface area (Å²) in [4.78, 5) is 27.7. The largest absolute Gasteiger partial charge is 0.483 e. The van der Waals surface area contributed by atoms with Crippen LogP contribution in [0.15, 0.2) is 58.4 Å². The lowest BCUT2D eigenvalue weighted by Gasteiger charge is -2.14. The molecule has 0 aliphatic carbocycles. The fraction of sp³-hybridized carbons (Fsp3) is 0.105. The van der Waals surface area contributed by atoms with Gasteiger partial charge in [0.05, 0.1) is 16.2 Å². The van der Waals surface area contributed by atoms with Crippen molar-refractivity contribution in [1.82, 2.24) is 0 Å². The van der Waals surface area contributed by atoms with Crippen LogP contribution in [0, 0.1) is 0 Å². The molecule has 10 heteroatoms. The van der Waals surface area contributed by atoms with Gasteiger partial charge in [-0.2, -0.15) is 18.2 Å². The normalized spacial score (nSPS) is 15.3. The summed E-state index contributed by atoms with van der Waals surface area (Å²) in [5.41, 5.74) is 4.70. The molecule has 2 aromatic rings. The van der Waals surface area contributed by atoms with Crippen molar-refractivity contribution in [2.45, 2.75) is 6.18 Å². The van der Waals surface area contributed by atoms with Crippen molar-refractivity contribution >= 4 is 40.5 Å². The van der Waals surface area contributed by atoms with Gasteiger partial charge in [-0.15, -0.1) is 0 Å². The monoisotopic (exact) mass is 421 g/mol. The van der Waals surface area contributed by atoms with E-state index in [1.807, 2.05) is 0 Å². The van der Waals surface area contributed by atoms with Crippen LogP contribution in [-0.2, 0) is 15.8 Å². The molecule has 0 atom stereocenters. The van der Waals surface area contributed by atoms with Gasteiger partial charge in [0.1, 0.15) is 5.75 Å². The summed E-state index contributed by atoms with van der Waals surface area (Å²) in [5.74, 6) is -0.968. The highest BCUT2D eigenvalue weighted by Gasteiger charge is 2.33. The Kier molecular flexibility index (Phi) is 5.92. The van der Waals surface area contributed by atoms with Gasteiger partial charge in [0.25, 0.3) is 11.8 Å². The number of para-hydroxylation sites is 2. The SMILES string of the molecule is NC1=NC(=O)/C(=C/c2ccccc2OCC(=O)Nc2ccccc2C(F)(F)F)S1. The molecule has 0 aromatic heterocycles. The lowest BCUT2D eigenvalue weighted by molar-refractivity contribution is -0.137. The zero-order valence-electron chi connectivity index (χ0n) is 14.7. The molecule has 1 heterocycles. The summed E-state index contributed by atoms with van der Waals surface area (Å²) < 4.78 is 44.5. The molecule has 6 nitrogen and oxygen atoms in total. The Morgan fingerprint density at radius 1 is 1.17 bits per heavy atom. The number of benzene rings is 2. The number of amidine groups is 1. The van der Waals surface area contributed by atoms with Crippen LogP contribution in [-0.4, -0.2) is 23.6 Å². The summed E-state index contributed by atoms with van der Waals surface area (Å²) in [7, 11) is 0. The van der Waals surface area contributed by atoms with E-state index in [0.29, 0.717) is 10.5 Å². The third kappa shape index (κ3) is 5.17. The Labute approximate surface area is 167 Å². The molecule has 150 valence electrons. The van der Waals surface area contributed by atoms with E-state index in [0.717, 1.165) is 23.9 Å².